The Hall–Kier alpha value is -2.95. The molecule has 1 aliphatic rings. The molecule has 0 fully saturated rings. The van der Waals surface area contributed by atoms with Crippen LogP contribution in [0.5, 0.6) is 0 Å². The molecule has 200 valence electrons. The monoisotopic (exact) mass is 527 g/mol. The van der Waals surface area contributed by atoms with Crippen LogP contribution in [0.15, 0.2) is 95.4 Å². The zero-order valence-electron chi connectivity index (χ0n) is 23.9. The third kappa shape index (κ3) is 6.19. The lowest BCUT2D eigenvalue weighted by molar-refractivity contribution is 0.447. The van der Waals surface area contributed by atoms with E-state index in [0.717, 1.165) is 27.8 Å². The smallest absolute Gasteiger partial charge is 0.207 e. The van der Waals surface area contributed by atoms with Crippen LogP contribution in [0, 0.1) is 6.92 Å². The van der Waals surface area contributed by atoms with E-state index >= 15 is 0 Å². The van der Waals surface area contributed by atoms with E-state index in [2.05, 4.69) is 102 Å². The summed E-state index contributed by atoms with van der Waals surface area (Å²) in [4.78, 5) is 0.343. The fraction of sp³-hybridized carbons (Fsp3) is 0.353. The Labute approximate surface area is 230 Å². The molecular formula is C34H41NO2S. The molecule has 0 unspecified atom stereocenters. The first kappa shape index (κ1) is 28.1. The molecule has 38 heavy (non-hydrogen) atoms. The minimum atomic E-state index is -3.63. The van der Waals surface area contributed by atoms with Crippen LogP contribution in [0.3, 0.4) is 0 Å². The van der Waals surface area contributed by atoms with Crippen LogP contribution >= 0.6 is 0 Å². The first-order valence-electron chi connectivity index (χ1n) is 13.5. The Kier molecular flexibility index (Phi) is 7.88. The van der Waals surface area contributed by atoms with Crippen molar-refractivity contribution in [3.05, 3.63) is 118 Å². The van der Waals surface area contributed by atoms with Gasteiger partial charge in [-0.2, -0.15) is 4.31 Å². The molecule has 3 aromatic rings. The molecule has 0 bridgehead atoms. The summed E-state index contributed by atoms with van der Waals surface area (Å²) in [5, 5.41) is 0. The van der Waals surface area contributed by atoms with E-state index in [0.29, 0.717) is 24.4 Å². The first-order valence-corrected chi connectivity index (χ1v) is 14.9. The summed E-state index contributed by atoms with van der Waals surface area (Å²) in [6.07, 6.45) is 4.90. The third-order valence-corrected chi connectivity index (χ3v) is 9.13. The SMILES string of the molecule is Cc1ccc(S(=O)(=O)N2CCC=CC(=C(c3ccc(C(C)(C)C)cc3)c3ccc(C(C)(C)C)cc3)C2)cc1. The van der Waals surface area contributed by atoms with Gasteiger partial charge in [0.05, 0.1) is 4.90 Å². The largest absolute Gasteiger partial charge is 0.243 e. The van der Waals surface area contributed by atoms with Crippen molar-refractivity contribution in [2.24, 2.45) is 0 Å². The van der Waals surface area contributed by atoms with Gasteiger partial charge in [-0.15, -0.1) is 0 Å². The van der Waals surface area contributed by atoms with Crippen molar-refractivity contribution in [2.75, 3.05) is 13.1 Å². The molecule has 3 aromatic carbocycles. The van der Waals surface area contributed by atoms with Gasteiger partial charge in [-0.25, -0.2) is 8.42 Å². The van der Waals surface area contributed by atoms with Crippen LogP contribution < -0.4 is 0 Å². The molecule has 0 spiro atoms. The molecule has 0 saturated carbocycles. The number of hydrogen-bond acceptors (Lipinski definition) is 2. The van der Waals surface area contributed by atoms with Gasteiger partial charge in [0.15, 0.2) is 0 Å². The number of aryl methyl sites for hydroxylation is 1. The molecule has 3 nitrogen and oxygen atoms in total. The Balaban J connectivity index is 1.84. The zero-order valence-corrected chi connectivity index (χ0v) is 24.7. The molecular weight excluding hydrogens is 486 g/mol. The van der Waals surface area contributed by atoms with Gasteiger partial charge < -0.3 is 0 Å². The summed E-state index contributed by atoms with van der Waals surface area (Å²) >= 11 is 0. The van der Waals surface area contributed by atoms with E-state index in [9.17, 15) is 8.42 Å². The molecule has 0 aliphatic carbocycles. The highest BCUT2D eigenvalue weighted by Crippen LogP contribution is 2.34. The van der Waals surface area contributed by atoms with Crippen molar-refractivity contribution in [3.8, 4) is 0 Å². The summed E-state index contributed by atoms with van der Waals surface area (Å²) in [7, 11) is -3.63. The second-order valence-electron chi connectivity index (χ2n) is 12.4. The van der Waals surface area contributed by atoms with Gasteiger partial charge in [0, 0.05) is 13.1 Å². The molecule has 0 N–H and O–H groups in total. The van der Waals surface area contributed by atoms with Crippen LogP contribution in [0.25, 0.3) is 5.57 Å². The van der Waals surface area contributed by atoms with Crippen molar-refractivity contribution in [1.29, 1.82) is 0 Å². The molecule has 0 saturated heterocycles. The van der Waals surface area contributed by atoms with Gasteiger partial charge in [0.1, 0.15) is 0 Å². The molecule has 1 heterocycles. The average Bonchev–Trinajstić information content (AvgIpc) is 3.11. The van der Waals surface area contributed by atoms with E-state index in [1.165, 1.54) is 11.1 Å². The predicted octanol–water partition coefficient (Wildman–Crippen LogP) is 8.04. The van der Waals surface area contributed by atoms with Crippen molar-refractivity contribution in [1.82, 2.24) is 4.31 Å². The standard InChI is InChI=1S/C34H41NO2S/c1-25-11-21-31(22-12-25)38(36,37)35-23-9-8-10-28(24-35)32(26-13-17-29(18-14-26)33(2,3)4)27-15-19-30(20-16-27)34(5,6)7/h8,10-22H,9,23-24H2,1-7H3. The van der Waals surface area contributed by atoms with Crippen LogP contribution in [0.1, 0.15) is 75.8 Å². The van der Waals surface area contributed by atoms with Crippen LogP contribution in [0.4, 0.5) is 0 Å². The Morgan fingerprint density at radius 3 is 1.63 bits per heavy atom. The van der Waals surface area contributed by atoms with Crippen molar-refractivity contribution >= 4 is 15.6 Å². The minimum absolute atomic E-state index is 0.0569. The van der Waals surface area contributed by atoms with Gasteiger partial charge in [-0.05, 0) is 69.7 Å². The van der Waals surface area contributed by atoms with E-state index < -0.39 is 10.0 Å². The average molecular weight is 528 g/mol. The number of benzene rings is 3. The second kappa shape index (κ2) is 10.7. The van der Waals surface area contributed by atoms with Crippen molar-refractivity contribution in [2.45, 2.75) is 70.6 Å². The van der Waals surface area contributed by atoms with E-state index in [-0.39, 0.29) is 10.8 Å². The van der Waals surface area contributed by atoms with Crippen molar-refractivity contribution < 1.29 is 8.42 Å². The third-order valence-electron chi connectivity index (χ3n) is 7.27. The zero-order chi connectivity index (χ0) is 27.7. The summed E-state index contributed by atoms with van der Waals surface area (Å²) in [5.74, 6) is 0. The Morgan fingerprint density at radius 1 is 0.711 bits per heavy atom. The van der Waals surface area contributed by atoms with Crippen molar-refractivity contribution in [3.63, 3.8) is 0 Å². The first-order chi connectivity index (χ1) is 17.8. The number of nitrogens with zero attached hydrogens (tertiary/aromatic N) is 1. The maximum absolute atomic E-state index is 13.7. The Morgan fingerprint density at radius 2 is 1.18 bits per heavy atom. The fourth-order valence-corrected chi connectivity index (χ4v) is 6.24. The minimum Gasteiger partial charge on any atom is -0.207 e. The quantitative estimate of drug-likeness (QED) is 0.344. The fourth-order valence-electron chi connectivity index (χ4n) is 4.80. The molecule has 4 heteroatoms. The van der Waals surface area contributed by atoms with Crippen LogP contribution in [-0.2, 0) is 20.9 Å². The maximum atomic E-state index is 13.7. The highest BCUT2D eigenvalue weighted by Gasteiger charge is 2.27. The number of sulfonamides is 1. The highest BCUT2D eigenvalue weighted by molar-refractivity contribution is 7.89. The van der Waals surface area contributed by atoms with Gasteiger partial charge in [-0.3, -0.25) is 0 Å². The topological polar surface area (TPSA) is 37.4 Å². The molecule has 0 radical (unpaired) electrons. The molecule has 0 amide bonds. The molecule has 1 aliphatic heterocycles. The lowest BCUT2D eigenvalue weighted by atomic mass is 9.83. The maximum Gasteiger partial charge on any atom is 0.243 e. The van der Waals surface area contributed by atoms with Crippen LogP contribution in [-0.4, -0.2) is 25.8 Å². The summed E-state index contributed by atoms with van der Waals surface area (Å²) in [6, 6.07) is 24.6. The number of rotatable bonds is 4. The van der Waals surface area contributed by atoms with Gasteiger partial charge >= 0.3 is 0 Å². The predicted molar refractivity (Wildman–Crippen MR) is 160 cm³/mol. The van der Waals surface area contributed by atoms with E-state index in [4.69, 9.17) is 0 Å². The van der Waals surface area contributed by atoms with E-state index in [1.807, 2.05) is 19.1 Å². The summed E-state index contributed by atoms with van der Waals surface area (Å²) < 4.78 is 29.0. The summed E-state index contributed by atoms with van der Waals surface area (Å²) in [6.45, 7) is 16.0. The normalized spacial score (nSPS) is 15.4. The van der Waals surface area contributed by atoms with Crippen LogP contribution in [0.2, 0.25) is 0 Å². The highest BCUT2D eigenvalue weighted by atomic mass is 32.2. The molecule has 0 aromatic heterocycles. The van der Waals surface area contributed by atoms with Gasteiger partial charge in [0.2, 0.25) is 10.0 Å². The Bertz CT molecular complexity index is 1370. The lowest BCUT2D eigenvalue weighted by Crippen LogP contribution is -2.33. The number of hydrogen-bond donors (Lipinski definition) is 0. The second-order valence-corrected chi connectivity index (χ2v) is 14.3. The van der Waals surface area contributed by atoms with Gasteiger partial charge in [0.25, 0.3) is 0 Å². The molecule has 0 atom stereocenters. The molecule has 4 rings (SSSR count). The lowest BCUT2D eigenvalue weighted by Gasteiger charge is -2.24. The van der Waals surface area contributed by atoms with E-state index in [1.54, 1.807) is 16.4 Å². The summed E-state index contributed by atoms with van der Waals surface area (Å²) in [5.41, 5.74) is 7.97. The van der Waals surface area contributed by atoms with Gasteiger partial charge in [-0.1, -0.05) is 120 Å².